The SMILES string of the molecule is CCOC(=O)CN(c1ccccc1C(C)C)S(=O)(=O)c1ccccc1. The third-order valence-electron chi connectivity index (χ3n) is 3.74. The van der Waals surface area contributed by atoms with Crippen molar-refractivity contribution in [2.45, 2.75) is 31.6 Å². The Kier molecular flexibility index (Phi) is 6.20. The van der Waals surface area contributed by atoms with Crippen molar-refractivity contribution in [3.05, 3.63) is 60.2 Å². The molecule has 0 saturated carbocycles. The number of esters is 1. The van der Waals surface area contributed by atoms with Gasteiger partial charge in [0.2, 0.25) is 0 Å². The van der Waals surface area contributed by atoms with Gasteiger partial charge in [-0.2, -0.15) is 0 Å². The van der Waals surface area contributed by atoms with Crippen LogP contribution >= 0.6 is 0 Å². The van der Waals surface area contributed by atoms with E-state index in [9.17, 15) is 13.2 Å². The molecule has 0 spiro atoms. The molecule has 2 aromatic rings. The number of ether oxygens (including phenoxy) is 1. The zero-order valence-electron chi connectivity index (χ0n) is 14.7. The molecule has 0 heterocycles. The molecule has 0 atom stereocenters. The average molecular weight is 361 g/mol. The van der Waals surface area contributed by atoms with Gasteiger partial charge < -0.3 is 4.74 Å². The first kappa shape index (κ1) is 19.0. The lowest BCUT2D eigenvalue weighted by atomic mass is 10.0. The van der Waals surface area contributed by atoms with Crippen LogP contribution in [0.15, 0.2) is 59.5 Å². The molecule has 0 aromatic heterocycles. The summed E-state index contributed by atoms with van der Waals surface area (Å²) < 4.78 is 32.4. The van der Waals surface area contributed by atoms with Crippen molar-refractivity contribution in [2.24, 2.45) is 0 Å². The Morgan fingerprint density at radius 3 is 2.24 bits per heavy atom. The Bertz CT molecular complexity index is 816. The second-order valence-electron chi connectivity index (χ2n) is 5.84. The molecule has 134 valence electrons. The van der Waals surface area contributed by atoms with Crippen LogP contribution in [0.3, 0.4) is 0 Å². The summed E-state index contributed by atoms with van der Waals surface area (Å²) in [6.45, 7) is 5.49. The van der Waals surface area contributed by atoms with Gasteiger partial charge in [0.15, 0.2) is 0 Å². The minimum absolute atomic E-state index is 0.104. The smallest absolute Gasteiger partial charge is 0.326 e. The topological polar surface area (TPSA) is 63.7 Å². The molecule has 0 aliphatic heterocycles. The quantitative estimate of drug-likeness (QED) is 0.707. The first-order valence-corrected chi connectivity index (χ1v) is 9.64. The zero-order chi connectivity index (χ0) is 18.4. The van der Waals surface area contributed by atoms with Gasteiger partial charge in [-0.05, 0) is 36.6 Å². The number of benzene rings is 2. The van der Waals surface area contributed by atoms with Crippen molar-refractivity contribution in [3.8, 4) is 0 Å². The fourth-order valence-corrected chi connectivity index (χ4v) is 4.00. The highest BCUT2D eigenvalue weighted by Gasteiger charge is 2.29. The van der Waals surface area contributed by atoms with E-state index in [0.717, 1.165) is 9.87 Å². The van der Waals surface area contributed by atoms with Gasteiger partial charge >= 0.3 is 5.97 Å². The van der Waals surface area contributed by atoms with E-state index in [2.05, 4.69) is 0 Å². The van der Waals surface area contributed by atoms with Gasteiger partial charge in [0.05, 0.1) is 17.2 Å². The van der Waals surface area contributed by atoms with Crippen LogP contribution < -0.4 is 4.31 Å². The standard InChI is InChI=1S/C19H23NO4S/c1-4-24-19(21)14-20(18-13-9-8-12-17(18)15(2)3)25(22,23)16-10-6-5-7-11-16/h5-13,15H,4,14H2,1-3H3. The van der Waals surface area contributed by atoms with Crippen molar-refractivity contribution in [1.82, 2.24) is 0 Å². The summed E-state index contributed by atoms with van der Waals surface area (Å²) >= 11 is 0. The van der Waals surface area contributed by atoms with Gasteiger partial charge in [0.1, 0.15) is 6.54 Å². The Labute approximate surface area is 149 Å². The van der Waals surface area contributed by atoms with Crippen LogP contribution in [0.25, 0.3) is 0 Å². The van der Waals surface area contributed by atoms with E-state index in [1.165, 1.54) is 12.1 Å². The van der Waals surface area contributed by atoms with Crippen LogP contribution in [0, 0.1) is 0 Å². The molecule has 0 N–H and O–H groups in total. The lowest BCUT2D eigenvalue weighted by Crippen LogP contribution is -2.37. The van der Waals surface area contributed by atoms with Gasteiger partial charge in [0.25, 0.3) is 10.0 Å². The first-order chi connectivity index (χ1) is 11.9. The Balaban J connectivity index is 2.57. The summed E-state index contributed by atoms with van der Waals surface area (Å²) in [6, 6.07) is 15.3. The third-order valence-corrected chi connectivity index (χ3v) is 5.51. The number of nitrogens with zero attached hydrogens (tertiary/aromatic N) is 1. The Morgan fingerprint density at radius 1 is 1.04 bits per heavy atom. The minimum Gasteiger partial charge on any atom is -0.465 e. The molecule has 2 rings (SSSR count). The number of carbonyl (C=O) groups is 1. The molecule has 25 heavy (non-hydrogen) atoms. The van der Waals surface area contributed by atoms with E-state index in [1.54, 1.807) is 37.3 Å². The molecular weight excluding hydrogens is 338 g/mol. The maximum Gasteiger partial charge on any atom is 0.326 e. The van der Waals surface area contributed by atoms with Gasteiger partial charge in [0, 0.05) is 0 Å². The summed E-state index contributed by atoms with van der Waals surface area (Å²) in [7, 11) is -3.89. The predicted octanol–water partition coefficient (Wildman–Crippen LogP) is 3.57. The number of hydrogen-bond acceptors (Lipinski definition) is 4. The monoisotopic (exact) mass is 361 g/mol. The highest BCUT2D eigenvalue weighted by Crippen LogP contribution is 2.31. The first-order valence-electron chi connectivity index (χ1n) is 8.20. The molecule has 0 fully saturated rings. The second-order valence-corrected chi connectivity index (χ2v) is 7.71. The normalized spacial score (nSPS) is 11.4. The van der Waals surface area contributed by atoms with Crippen molar-refractivity contribution in [2.75, 3.05) is 17.5 Å². The molecule has 0 aliphatic carbocycles. The van der Waals surface area contributed by atoms with Crippen molar-refractivity contribution in [1.29, 1.82) is 0 Å². The van der Waals surface area contributed by atoms with Crippen molar-refractivity contribution in [3.63, 3.8) is 0 Å². The molecule has 0 saturated heterocycles. The number of sulfonamides is 1. The summed E-state index contributed by atoms with van der Waals surface area (Å²) in [5.74, 6) is -0.479. The molecule has 5 nitrogen and oxygen atoms in total. The van der Waals surface area contributed by atoms with Gasteiger partial charge in [-0.3, -0.25) is 9.10 Å². The predicted molar refractivity (Wildman–Crippen MR) is 98.1 cm³/mol. The maximum atomic E-state index is 13.2. The highest BCUT2D eigenvalue weighted by molar-refractivity contribution is 7.92. The average Bonchev–Trinajstić information content (AvgIpc) is 2.60. The molecule has 6 heteroatoms. The van der Waals surface area contributed by atoms with E-state index in [-0.39, 0.29) is 24.0 Å². The summed E-state index contributed by atoms with van der Waals surface area (Å²) in [6.07, 6.45) is 0. The summed E-state index contributed by atoms with van der Waals surface area (Å²) in [5, 5.41) is 0. The van der Waals surface area contributed by atoms with E-state index < -0.39 is 16.0 Å². The number of rotatable bonds is 7. The van der Waals surface area contributed by atoms with Gasteiger partial charge in [-0.15, -0.1) is 0 Å². The fourth-order valence-electron chi connectivity index (χ4n) is 2.55. The highest BCUT2D eigenvalue weighted by atomic mass is 32.2. The van der Waals surface area contributed by atoms with Crippen LogP contribution in [0.5, 0.6) is 0 Å². The van der Waals surface area contributed by atoms with E-state index in [1.807, 2.05) is 26.0 Å². The van der Waals surface area contributed by atoms with Crippen LogP contribution in [0.2, 0.25) is 0 Å². The molecule has 0 aliphatic rings. The minimum atomic E-state index is -3.89. The summed E-state index contributed by atoms with van der Waals surface area (Å²) in [4.78, 5) is 12.2. The van der Waals surface area contributed by atoms with E-state index in [0.29, 0.717) is 5.69 Å². The molecule has 0 bridgehead atoms. The van der Waals surface area contributed by atoms with Crippen LogP contribution in [-0.4, -0.2) is 27.5 Å². The third kappa shape index (κ3) is 4.39. The Hall–Kier alpha value is -2.34. The van der Waals surface area contributed by atoms with Crippen LogP contribution in [0.1, 0.15) is 32.3 Å². The van der Waals surface area contributed by atoms with E-state index in [4.69, 9.17) is 4.74 Å². The number of hydrogen-bond donors (Lipinski definition) is 0. The number of para-hydroxylation sites is 1. The largest absolute Gasteiger partial charge is 0.465 e. The van der Waals surface area contributed by atoms with E-state index >= 15 is 0 Å². The van der Waals surface area contributed by atoms with Crippen molar-refractivity contribution >= 4 is 21.7 Å². The lowest BCUT2D eigenvalue weighted by molar-refractivity contribution is -0.141. The second kappa shape index (κ2) is 8.16. The maximum absolute atomic E-state index is 13.2. The molecule has 0 amide bonds. The molecular formula is C19H23NO4S. The fraction of sp³-hybridized carbons (Fsp3) is 0.316. The number of anilines is 1. The van der Waals surface area contributed by atoms with Crippen LogP contribution in [-0.2, 0) is 19.6 Å². The molecule has 0 unspecified atom stereocenters. The zero-order valence-corrected chi connectivity index (χ0v) is 15.5. The summed E-state index contributed by atoms with van der Waals surface area (Å²) in [5.41, 5.74) is 1.35. The van der Waals surface area contributed by atoms with Gasteiger partial charge in [-0.25, -0.2) is 8.42 Å². The number of carbonyl (C=O) groups excluding carboxylic acids is 1. The Morgan fingerprint density at radius 2 is 1.64 bits per heavy atom. The van der Waals surface area contributed by atoms with Gasteiger partial charge in [-0.1, -0.05) is 50.2 Å². The molecule has 2 aromatic carbocycles. The lowest BCUT2D eigenvalue weighted by Gasteiger charge is -2.27. The molecule has 0 radical (unpaired) electrons. The van der Waals surface area contributed by atoms with Crippen LogP contribution in [0.4, 0.5) is 5.69 Å². The van der Waals surface area contributed by atoms with Crippen molar-refractivity contribution < 1.29 is 17.9 Å².